The van der Waals surface area contributed by atoms with Gasteiger partial charge in [0.2, 0.25) is 5.91 Å². The first kappa shape index (κ1) is 19.8. The number of hydrogen-bond donors (Lipinski definition) is 1. The summed E-state index contributed by atoms with van der Waals surface area (Å²) in [5.41, 5.74) is 2.72. The summed E-state index contributed by atoms with van der Waals surface area (Å²) in [6.45, 7) is 0.959. The SMILES string of the molecule is CS(=O)(=O)c1ccccc1NC(=O)CN1CCc2sccc2C1c1ccccc1. The number of rotatable bonds is 5. The molecule has 1 amide bonds. The number of hydrogen-bond acceptors (Lipinski definition) is 5. The molecule has 0 bridgehead atoms. The van der Waals surface area contributed by atoms with Crippen LogP contribution < -0.4 is 5.32 Å². The molecule has 150 valence electrons. The van der Waals surface area contributed by atoms with Crippen molar-refractivity contribution < 1.29 is 13.2 Å². The number of thiophene rings is 1. The molecule has 0 saturated heterocycles. The first-order valence-electron chi connectivity index (χ1n) is 9.37. The number of anilines is 1. The molecule has 1 unspecified atom stereocenters. The highest BCUT2D eigenvalue weighted by Crippen LogP contribution is 2.37. The third-order valence-corrected chi connectivity index (χ3v) is 7.24. The minimum absolute atomic E-state index is 0.0158. The molecule has 2 aromatic carbocycles. The molecule has 0 spiro atoms. The first-order valence-corrected chi connectivity index (χ1v) is 12.1. The van der Waals surface area contributed by atoms with Crippen LogP contribution in [0.2, 0.25) is 0 Å². The van der Waals surface area contributed by atoms with E-state index in [0.29, 0.717) is 5.69 Å². The molecule has 2 heterocycles. The lowest BCUT2D eigenvalue weighted by Crippen LogP contribution is -2.40. The fraction of sp³-hybridized carbons (Fsp3) is 0.227. The predicted octanol–water partition coefficient (Wildman–Crippen LogP) is 3.74. The van der Waals surface area contributed by atoms with Crippen molar-refractivity contribution in [2.75, 3.05) is 24.7 Å². The standard InChI is InChI=1S/C22H22N2O3S2/c1-29(26,27)20-10-6-5-9-18(20)23-21(25)15-24-13-11-19-17(12-14-28-19)22(24)16-7-3-2-4-8-16/h2-10,12,14,22H,11,13,15H2,1H3,(H,23,25). The molecule has 0 radical (unpaired) electrons. The Kier molecular flexibility index (Phi) is 5.54. The van der Waals surface area contributed by atoms with Crippen molar-refractivity contribution in [1.29, 1.82) is 0 Å². The number of nitrogens with zero attached hydrogens (tertiary/aromatic N) is 1. The molecule has 5 nitrogen and oxygen atoms in total. The smallest absolute Gasteiger partial charge is 0.238 e. The lowest BCUT2D eigenvalue weighted by Gasteiger charge is -2.35. The molecule has 3 aromatic rings. The van der Waals surface area contributed by atoms with Crippen molar-refractivity contribution >= 4 is 32.8 Å². The van der Waals surface area contributed by atoms with Crippen LogP contribution in [0.5, 0.6) is 0 Å². The van der Waals surface area contributed by atoms with Crippen molar-refractivity contribution in [3.8, 4) is 0 Å². The largest absolute Gasteiger partial charge is 0.324 e. The van der Waals surface area contributed by atoms with Gasteiger partial charge in [0.15, 0.2) is 9.84 Å². The topological polar surface area (TPSA) is 66.5 Å². The molecule has 4 rings (SSSR count). The van der Waals surface area contributed by atoms with Gasteiger partial charge in [-0.1, -0.05) is 42.5 Å². The van der Waals surface area contributed by atoms with Gasteiger partial charge in [0.25, 0.3) is 0 Å². The second-order valence-corrected chi connectivity index (χ2v) is 10.1. The highest BCUT2D eigenvalue weighted by molar-refractivity contribution is 7.90. The minimum atomic E-state index is -3.43. The Balaban J connectivity index is 1.58. The summed E-state index contributed by atoms with van der Waals surface area (Å²) in [5.74, 6) is -0.222. The van der Waals surface area contributed by atoms with Crippen molar-refractivity contribution in [3.63, 3.8) is 0 Å². The van der Waals surface area contributed by atoms with Crippen LogP contribution in [0.3, 0.4) is 0 Å². The van der Waals surface area contributed by atoms with E-state index in [1.165, 1.54) is 16.5 Å². The number of amides is 1. The van der Waals surface area contributed by atoms with Gasteiger partial charge in [-0.05, 0) is 41.1 Å². The van der Waals surface area contributed by atoms with Crippen molar-refractivity contribution in [2.24, 2.45) is 0 Å². The van der Waals surface area contributed by atoms with E-state index in [1.54, 1.807) is 29.5 Å². The number of carbonyl (C=O) groups is 1. The van der Waals surface area contributed by atoms with Gasteiger partial charge in [-0.2, -0.15) is 0 Å². The van der Waals surface area contributed by atoms with Gasteiger partial charge in [-0.15, -0.1) is 11.3 Å². The summed E-state index contributed by atoms with van der Waals surface area (Å²) in [4.78, 5) is 16.5. The Bertz CT molecular complexity index is 1120. The van der Waals surface area contributed by atoms with Gasteiger partial charge in [0, 0.05) is 17.7 Å². The molecule has 7 heteroatoms. The maximum atomic E-state index is 12.8. The quantitative estimate of drug-likeness (QED) is 0.675. The second-order valence-electron chi connectivity index (χ2n) is 7.15. The zero-order valence-electron chi connectivity index (χ0n) is 16.0. The molecule has 1 N–H and O–H groups in total. The van der Waals surface area contributed by atoms with E-state index in [1.807, 2.05) is 18.2 Å². The third-order valence-electron chi connectivity index (χ3n) is 5.09. The Morgan fingerprint density at radius 1 is 1.10 bits per heavy atom. The van der Waals surface area contributed by atoms with Crippen LogP contribution in [0.1, 0.15) is 22.0 Å². The van der Waals surface area contributed by atoms with Crippen molar-refractivity contribution in [2.45, 2.75) is 17.4 Å². The maximum Gasteiger partial charge on any atom is 0.238 e. The lowest BCUT2D eigenvalue weighted by molar-refractivity contribution is -0.117. The first-order chi connectivity index (χ1) is 13.9. The summed E-state index contributed by atoms with van der Waals surface area (Å²) < 4.78 is 24.0. The van der Waals surface area contributed by atoms with Gasteiger partial charge >= 0.3 is 0 Å². The van der Waals surface area contributed by atoms with Gasteiger partial charge in [0.05, 0.1) is 23.2 Å². The average Bonchev–Trinajstić information content (AvgIpc) is 3.17. The monoisotopic (exact) mass is 426 g/mol. The zero-order chi connectivity index (χ0) is 20.4. The van der Waals surface area contributed by atoms with E-state index in [2.05, 4.69) is 33.8 Å². The van der Waals surface area contributed by atoms with Gasteiger partial charge in [-0.25, -0.2) is 8.42 Å². The van der Waals surface area contributed by atoms with E-state index in [9.17, 15) is 13.2 Å². The molecule has 1 aliphatic heterocycles. The molecule has 1 aromatic heterocycles. The Labute approximate surface area is 174 Å². The molecular weight excluding hydrogens is 404 g/mol. The highest BCUT2D eigenvalue weighted by atomic mass is 32.2. The number of carbonyl (C=O) groups excluding carboxylic acids is 1. The molecule has 1 atom stereocenters. The number of nitrogens with one attached hydrogen (secondary N) is 1. The van der Waals surface area contributed by atoms with Crippen LogP contribution in [0.15, 0.2) is 70.9 Å². The number of fused-ring (bicyclic) bond motifs is 1. The van der Waals surface area contributed by atoms with E-state index in [-0.39, 0.29) is 23.4 Å². The average molecular weight is 427 g/mol. The van der Waals surface area contributed by atoms with Crippen LogP contribution in [-0.2, 0) is 21.1 Å². The number of sulfone groups is 1. The third kappa shape index (κ3) is 4.27. The second kappa shape index (κ2) is 8.10. The number of benzene rings is 2. The van der Waals surface area contributed by atoms with Crippen LogP contribution >= 0.6 is 11.3 Å². The van der Waals surface area contributed by atoms with Crippen LogP contribution in [0, 0.1) is 0 Å². The van der Waals surface area contributed by atoms with Crippen molar-refractivity contribution in [1.82, 2.24) is 4.90 Å². The van der Waals surface area contributed by atoms with E-state index in [0.717, 1.165) is 24.8 Å². The van der Waals surface area contributed by atoms with Crippen LogP contribution in [0.4, 0.5) is 5.69 Å². The Morgan fingerprint density at radius 2 is 1.83 bits per heavy atom. The lowest BCUT2D eigenvalue weighted by atomic mass is 9.93. The number of para-hydroxylation sites is 1. The summed E-state index contributed by atoms with van der Waals surface area (Å²) >= 11 is 1.76. The Hall–Kier alpha value is -2.48. The molecular formula is C22H22N2O3S2. The summed E-state index contributed by atoms with van der Waals surface area (Å²) in [6, 6.07) is 18.8. The van der Waals surface area contributed by atoms with Crippen LogP contribution in [-0.4, -0.2) is 38.6 Å². The highest BCUT2D eigenvalue weighted by Gasteiger charge is 2.31. The van der Waals surface area contributed by atoms with E-state index in [4.69, 9.17) is 0 Å². The zero-order valence-corrected chi connectivity index (χ0v) is 17.7. The summed E-state index contributed by atoms with van der Waals surface area (Å²) in [7, 11) is -3.43. The molecule has 29 heavy (non-hydrogen) atoms. The maximum absolute atomic E-state index is 12.8. The van der Waals surface area contributed by atoms with Crippen molar-refractivity contribution in [3.05, 3.63) is 82.0 Å². The fourth-order valence-corrected chi connectivity index (χ4v) is 5.58. The fourth-order valence-electron chi connectivity index (χ4n) is 3.83. The van der Waals surface area contributed by atoms with E-state index < -0.39 is 9.84 Å². The predicted molar refractivity (Wildman–Crippen MR) is 116 cm³/mol. The Morgan fingerprint density at radius 3 is 2.59 bits per heavy atom. The molecule has 0 saturated carbocycles. The molecule has 1 aliphatic rings. The summed E-state index contributed by atoms with van der Waals surface area (Å²) in [6.07, 6.45) is 2.05. The minimum Gasteiger partial charge on any atom is -0.324 e. The van der Waals surface area contributed by atoms with Gasteiger partial charge < -0.3 is 5.32 Å². The normalized spacial score (nSPS) is 16.9. The molecule has 0 aliphatic carbocycles. The van der Waals surface area contributed by atoms with Gasteiger partial charge in [0.1, 0.15) is 0 Å². The van der Waals surface area contributed by atoms with Crippen LogP contribution in [0.25, 0.3) is 0 Å². The molecule has 0 fully saturated rings. The van der Waals surface area contributed by atoms with Gasteiger partial charge in [-0.3, -0.25) is 9.69 Å². The van der Waals surface area contributed by atoms with E-state index >= 15 is 0 Å². The summed E-state index contributed by atoms with van der Waals surface area (Å²) in [5, 5.41) is 4.90.